The molecule has 2 rings (SSSR count). The van der Waals surface area contributed by atoms with Crippen molar-refractivity contribution < 1.29 is 4.79 Å². The van der Waals surface area contributed by atoms with Gasteiger partial charge < -0.3 is 9.88 Å². The van der Waals surface area contributed by atoms with E-state index in [0.717, 1.165) is 23.7 Å². The highest BCUT2D eigenvalue weighted by Crippen LogP contribution is 2.22. The minimum Gasteiger partial charge on any atom is -0.355 e. The normalized spacial score (nSPS) is 10.9. The maximum absolute atomic E-state index is 11.9. The van der Waals surface area contributed by atoms with Crippen LogP contribution in [0.5, 0.6) is 0 Å². The third kappa shape index (κ3) is 3.92. The first-order chi connectivity index (χ1) is 9.16. The van der Waals surface area contributed by atoms with Crippen LogP contribution in [0.3, 0.4) is 0 Å². The second-order valence-electron chi connectivity index (χ2n) is 4.89. The number of nitrogens with zero attached hydrogens (tertiary/aromatic N) is 2. The van der Waals surface area contributed by atoms with Gasteiger partial charge in [-0.2, -0.15) is 0 Å². The number of aromatic nitrogens is 2. The highest BCUT2D eigenvalue weighted by Gasteiger charge is 2.10. The summed E-state index contributed by atoms with van der Waals surface area (Å²) >= 11 is 1.63. The van der Waals surface area contributed by atoms with E-state index in [1.54, 1.807) is 17.5 Å². The van der Waals surface area contributed by atoms with E-state index >= 15 is 0 Å². The molecule has 19 heavy (non-hydrogen) atoms. The van der Waals surface area contributed by atoms with Gasteiger partial charge in [0.25, 0.3) is 0 Å². The molecule has 2 aromatic rings. The van der Waals surface area contributed by atoms with Gasteiger partial charge in [0, 0.05) is 18.9 Å². The Morgan fingerprint density at radius 2 is 2.37 bits per heavy atom. The van der Waals surface area contributed by atoms with E-state index in [1.165, 1.54) is 0 Å². The van der Waals surface area contributed by atoms with Gasteiger partial charge in [-0.3, -0.25) is 4.79 Å². The standard InChI is InChI=1S/C14H19N3OS/c1-11(2)5-6-15-13(18)10-17-8-7-16-14(17)12-4-3-9-19-12/h3-4,7-9,11H,5-6,10H2,1-2H3,(H,15,18). The van der Waals surface area contributed by atoms with Crippen LogP contribution in [-0.4, -0.2) is 22.0 Å². The van der Waals surface area contributed by atoms with E-state index in [2.05, 4.69) is 24.1 Å². The molecule has 4 nitrogen and oxygen atoms in total. The number of nitrogens with one attached hydrogen (secondary N) is 1. The van der Waals surface area contributed by atoms with Crippen LogP contribution in [-0.2, 0) is 11.3 Å². The van der Waals surface area contributed by atoms with Gasteiger partial charge in [-0.25, -0.2) is 4.98 Å². The lowest BCUT2D eigenvalue weighted by Crippen LogP contribution is -2.29. The Bertz CT molecular complexity index is 517. The highest BCUT2D eigenvalue weighted by atomic mass is 32.1. The zero-order valence-corrected chi connectivity index (χ0v) is 12.1. The predicted octanol–water partition coefficient (Wildman–Crippen LogP) is 2.77. The first-order valence-corrected chi connectivity index (χ1v) is 7.36. The number of rotatable bonds is 6. The summed E-state index contributed by atoms with van der Waals surface area (Å²) in [6.45, 7) is 5.36. The number of hydrogen-bond acceptors (Lipinski definition) is 3. The Hall–Kier alpha value is -1.62. The van der Waals surface area contributed by atoms with Crippen LogP contribution < -0.4 is 5.32 Å². The summed E-state index contributed by atoms with van der Waals surface area (Å²) in [7, 11) is 0. The van der Waals surface area contributed by atoms with Crippen molar-refractivity contribution in [1.29, 1.82) is 0 Å². The smallest absolute Gasteiger partial charge is 0.239 e. The van der Waals surface area contributed by atoms with Crippen molar-refractivity contribution in [2.45, 2.75) is 26.8 Å². The van der Waals surface area contributed by atoms with Crippen LogP contribution in [0.15, 0.2) is 29.9 Å². The van der Waals surface area contributed by atoms with Crippen molar-refractivity contribution in [3.8, 4) is 10.7 Å². The molecule has 0 radical (unpaired) electrons. The molecule has 0 aliphatic heterocycles. The van der Waals surface area contributed by atoms with Crippen LogP contribution in [0.1, 0.15) is 20.3 Å². The summed E-state index contributed by atoms with van der Waals surface area (Å²) in [4.78, 5) is 17.3. The first kappa shape index (κ1) is 13.8. The number of hydrogen-bond donors (Lipinski definition) is 1. The Morgan fingerprint density at radius 1 is 1.53 bits per heavy atom. The average Bonchev–Trinajstić information content (AvgIpc) is 2.97. The number of carbonyl (C=O) groups is 1. The van der Waals surface area contributed by atoms with Crippen molar-refractivity contribution >= 4 is 17.2 Å². The minimum absolute atomic E-state index is 0.0384. The van der Waals surface area contributed by atoms with Gasteiger partial charge in [0.05, 0.1) is 4.88 Å². The fraction of sp³-hybridized carbons (Fsp3) is 0.429. The Balaban J connectivity index is 1.93. The number of carbonyl (C=O) groups excluding carboxylic acids is 1. The zero-order valence-electron chi connectivity index (χ0n) is 11.3. The SMILES string of the molecule is CC(C)CCNC(=O)Cn1ccnc1-c1cccs1. The van der Waals surface area contributed by atoms with E-state index in [0.29, 0.717) is 12.5 Å². The van der Waals surface area contributed by atoms with Crippen molar-refractivity contribution in [2.75, 3.05) is 6.54 Å². The Labute approximate surface area is 117 Å². The van der Waals surface area contributed by atoms with Crippen molar-refractivity contribution in [3.05, 3.63) is 29.9 Å². The molecule has 5 heteroatoms. The number of imidazole rings is 1. The molecule has 0 aliphatic carbocycles. The van der Waals surface area contributed by atoms with Crippen LogP contribution in [0, 0.1) is 5.92 Å². The fourth-order valence-corrected chi connectivity index (χ4v) is 2.51. The molecule has 0 atom stereocenters. The van der Waals surface area contributed by atoms with Gasteiger partial charge in [0.15, 0.2) is 0 Å². The molecule has 1 amide bonds. The summed E-state index contributed by atoms with van der Waals surface area (Å²) in [6, 6.07) is 4.00. The molecular formula is C14H19N3OS. The lowest BCUT2D eigenvalue weighted by atomic mass is 10.1. The van der Waals surface area contributed by atoms with E-state index in [1.807, 2.05) is 28.3 Å². The molecule has 1 N–H and O–H groups in total. The fourth-order valence-electron chi connectivity index (χ4n) is 1.78. The topological polar surface area (TPSA) is 46.9 Å². The van der Waals surface area contributed by atoms with Crippen LogP contribution in [0.25, 0.3) is 10.7 Å². The maximum atomic E-state index is 11.9. The Kier molecular flexibility index (Phi) is 4.74. The van der Waals surface area contributed by atoms with E-state index in [-0.39, 0.29) is 5.91 Å². The summed E-state index contributed by atoms with van der Waals surface area (Å²) in [6.07, 6.45) is 4.58. The van der Waals surface area contributed by atoms with Gasteiger partial charge in [0.1, 0.15) is 12.4 Å². The third-order valence-electron chi connectivity index (χ3n) is 2.81. The number of amides is 1. The van der Waals surface area contributed by atoms with Crippen LogP contribution in [0.4, 0.5) is 0 Å². The van der Waals surface area contributed by atoms with Crippen molar-refractivity contribution in [1.82, 2.24) is 14.9 Å². The maximum Gasteiger partial charge on any atom is 0.239 e. The van der Waals surface area contributed by atoms with Gasteiger partial charge >= 0.3 is 0 Å². The average molecular weight is 277 g/mol. The monoisotopic (exact) mass is 277 g/mol. The molecular weight excluding hydrogens is 258 g/mol. The number of thiophene rings is 1. The van der Waals surface area contributed by atoms with Gasteiger partial charge in [0.2, 0.25) is 5.91 Å². The summed E-state index contributed by atoms with van der Waals surface area (Å²) in [5, 5.41) is 4.95. The minimum atomic E-state index is 0.0384. The lowest BCUT2D eigenvalue weighted by Gasteiger charge is -2.09. The molecule has 0 saturated carbocycles. The second kappa shape index (κ2) is 6.52. The molecule has 102 valence electrons. The zero-order chi connectivity index (χ0) is 13.7. The quantitative estimate of drug-likeness (QED) is 0.882. The second-order valence-corrected chi connectivity index (χ2v) is 5.84. The van der Waals surface area contributed by atoms with E-state index < -0.39 is 0 Å². The summed E-state index contributed by atoms with van der Waals surface area (Å²) < 4.78 is 1.89. The largest absolute Gasteiger partial charge is 0.355 e. The van der Waals surface area contributed by atoms with Crippen molar-refractivity contribution in [2.24, 2.45) is 5.92 Å². The summed E-state index contributed by atoms with van der Waals surface area (Å²) in [5.41, 5.74) is 0. The first-order valence-electron chi connectivity index (χ1n) is 6.48. The van der Waals surface area contributed by atoms with E-state index in [9.17, 15) is 4.79 Å². The van der Waals surface area contributed by atoms with Crippen LogP contribution in [0.2, 0.25) is 0 Å². The third-order valence-corrected chi connectivity index (χ3v) is 3.68. The molecule has 2 heterocycles. The van der Waals surface area contributed by atoms with Gasteiger partial charge in [-0.15, -0.1) is 11.3 Å². The van der Waals surface area contributed by atoms with Gasteiger partial charge in [-0.05, 0) is 23.8 Å². The molecule has 0 fully saturated rings. The highest BCUT2D eigenvalue weighted by molar-refractivity contribution is 7.13. The lowest BCUT2D eigenvalue weighted by molar-refractivity contribution is -0.121. The molecule has 2 aromatic heterocycles. The molecule has 0 aliphatic rings. The molecule has 0 unspecified atom stereocenters. The van der Waals surface area contributed by atoms with Crippen LogP contribution >= 0.6 is 11.3 Å². The molecule has 0 aromatic carbocycles. The molecule has 0 saturated heterocycles. The molecule has 0 spiro atoms. The Morgan fingerprint density at radius 3 is 3.05 bits per heavy atom. The predicted molar refractivity (Wildman–Crippen MR) is 78.0 cm³/mol. The molecule has 0 bridgehead atoms. The van der Waals surface area contributed by atoms with Gasteiger partial charge in [-0.1, -0.05) is 19.9 Å². The van der Waals surface area contributed by atoms with Crippen molar-refractivity contribution in [3.63, 3.8) is 0 Å². The summed E-state index contributed by atoms with van der Waals surface area (Å²) in [5.74, 6) is 1.50. The van der Waals surface area contributed by atoms with E-state index in [4.69, 9.17) is 0 Å².